The molecule has 7 nitrogen and oxygen atoms in total. The minimum absolute atomic E-state index is 0.134. The Morgan fingerprint density at radius 1 is 1.41 bits per heavy atom. The first-order valence-electron chi connectivity index (χ1n) is 7.30. The number of aromatic amines is 1. The third kappa shape index (κ3) is 4.42. The van der Waals surface area contributed by atoms with Crippen molar-refractivity contribution < 1.29 is 0 Å². The molecule has 0 bridgehead atoms. The fraction of sp³-hybridized carbons (Fsp3) is 0.533. The van der Waals surface area contributed by atoms with Crippen LogP contribution in [0.4, 0.5) is 5.82 Å². The minimum Gasteiger partial charge on any atom is -0.386 e. The molecule has 0 radical (unpaired) electrons. The van der Waals surface area contributed by atoms with E-state index in [1.807, 2.05) is 19.9 Å². The van der Waals surface area contributed by atoms with Gasteiger partial charge in [0, 0.05) is 12.2 Å². The normalized spacial score (nSPS) is 12.1. The predicted octanol–water partition coefficient (Wildman–Crippen LogP) is 3.63. The van der Waals surface area contributed by atoms with Gasteiger partial charge >= 0.3 is 0 Å². The maximum atomic E-state index is 9.21. The highest BCUT2D eigenvalue weighted by Crippen LogP contribution is 2.25. The number of hydrogen-bond acceptors (Lipinski definition) is 6. The molecule has 1 aromatic rings. The number of nitriles is 2. The first-order valence-corrected chi connectivity index (χ1v) is 7.30. The lowest BCUT2D eigenvalue weighted by atomic mass is 10.1. The Balaban J connectivity index is 2.97. The van der Waals surface area contributed by atoms with E-state index in [-0.39, 0.29) is 17.4 Å². The van der Waals surface area contributed by atoms with Crippen LogP contribution >= 0.6 is 0 Å². The first-order chi connectivity index (χ1) is 10.5. The molecular weight excluding hydrogens is 278 g/mol. The molecular formula is C15H21N7. The van der Waals surface area contributed by atoms with Crippen LogP contribution in [0, 0.1) is 22.7 Å². The van der Waals surface area contributed by atoms with E-state index in [4.69, 9.17) is 5.26 Å². The molecule has 0 unspecified atom stereocenters. The lowest BCUT2D eigenvalue weighted by molar-refractivity contribution is 0.705. The monoisotopic (exact) mass is 299 g/mol. The molecule has 0 saturated carbocycles. The Morgan fingerprint density at radius 2 is 2.14 bits per heavy atom. The Morgan fingerprint density at radius 3 is 2.68 bits per heavy atom. The molecule has 116 valence electrons. The van der Waals surface area contributed by atoms with Crippen LogP contribution in [0.15, 0.2) is 21.6 Å². The summed E-state index contributed by atoms with van der Waals surface area (Å²) >= 11 is 0. The minimum atomic E-state index is 0.134. The number of nitrogens with zero attached hydrogens (tertiary/aromatic N) is 5. The quantitative estimate of drug-likeness (QED) is 0.454. The van der Waals surface area contributed by atoms with Crippen molar-refractivity contribution in [2.75, 3.05) is 6.54 Å². The maximum Gasteiger partial charge on any atom is 0.213 e. The summed E-state index contributed by atoms with van der Waals surface area (Å²) in [5, 5.41) is 36.1. The standard InChI is InChI=1S/C15H21N7/c1-5-6-7-18-11(4)13(9-17)19-21-15-12(8-16)14(10(2)3)20-22-15/h10,18H,5-7H2,1-4H3,(H,20,22)/b13-11-,21-19+. The zero-order chi connectivity index (χ0) is 16.5. The van der Waals surface area contributed by atoms with Crippen LogP contribution in [-0.2, 0) is 0 Å². The Kier molecular flexibility index (Phi) is 6.78. The molecule has 0 aromatic carbocycles. The smallest absolute Gasteiger partial charge is 0.213 e. The fourth-order valence-corrected chi connectivity index (χ4v) is 1.76. The van der Waals surface area contributed by atoms with Gasteiger partial charge < -0.3 is 5.32 Å². The van der Waals surface area contributed by atoms with Crippen LogP contribution in [0.2, 0.25) is 0 Å². The molecule has 1 rings (SSSR count). The summed E-state index contributed by atoms with van der Waals surface area (Å²) in [5.74, 6) is 0.342. The van der Waals surface area contributed by atoms with Crippen molar-refractivity contribution in [2.24, 2.45) is 10.2 Å². The van der Waals surface area contributed by atoms with Gasteiger partial charge in [-0.2, -0.15) is 15.6 Å². The highest BCUT2D eigenvalue weighted by Gasteiger charge is 2.15. The predicted molar refractivity (Wildman–Crippen MR) is 83.1 cm³/mol. The summed E-state index contributed by atoms with van der Waals surface area (Å²) in [4.78, 5) is 0. The number of H-pyrrole nitrogens is 1. The second kappa shape index (κ2) is 8.58. The summed E-state index contributed by atoms with van der Waals surface area (Å²) in [6.45, 7) is 8.57. The van der Waals surface area contributed by atoms with Gasteiger partial charge in [0.2, 0.25) is 5.82 Å². The number of azo groups is 1. The van der Waals surface area contributed by atoms with Gasteiger partial charge in [-0.25, -0.2) is 0 Å². The molecule has 0 amide bonds. The van der Waals surface area contributed by atoms with Crippen LogP contribution < -0.4 is 5.32 Å². The Bertz CT molecular complexity index is 638. The third-order valence-electron chi connectivity index (χ3n) is 3.09. The van der Waals surface area contributed by atoms with Crippen LogP contribution in [0.3, 0.4) is 0 Å². The Labute approximate surface area is 130 Å². The number of hydrogen-bond donors (Lipinski definition) is 2. The zero-order valence-electron chi connectivity index (χ0n) is 13.4. The lowest BCUT2D eigenvalue weighted by Crippen LogP contribution is -2.13. The highest BCUT2D eigenvalue weighted by molar-refractivity contribution is 5.51. The van der Waals surface area contributed by atoms with E-state index in [0.29, 0.717) is 11.3 Å². The van der Waals surface area contributed by atoms with Gasteiger partial charge in [-0.1, -0.05) is 27.2 Å². The largest absolute Gasteiger partial charge is 0.386 e. The number of allylic oxidation sites excluding steroid dienone is 2. The summed E-state index contributed by atoms with van der Waals surface area (Å²) in [5.41, 5.74) is 1.94. The molecule has 0 atom stereocenters. The van der Waals surface area contributed by atoms with Crippen LogP contribution in [0.1, 0.15) is 57.7 Å². The fourth-order valence-electron chi connectivity index (χ4n) is 1.76. The average Bonchev–Trinajstić information content (AvgIpc) is 2.91. The lowest BCUT2D eigenvalue weighted by Gasteiger charge is -2.04. The second-order valence-corrected chi connectivity index (χ2v) is 5.17. The van der Waals surface area contributed by atoms with Gasteiger partial charge in [0.05, 0.1) is 5.69 Å². The highest BCUT2D eigenvalue weighted by atomic mass is 15.2. The van der Waals surface area contributed by atoms with Crippen molar-refractivity contribution in [3.05, 3.63) is 22.7 Å². The molecule has 2 N–H and O–H groups in total. The van der Waals surface area contributed by atoms with E-state index in [1.165, 1.54) is 0 Å². The SMILES string of the molecule is CCCCN/C(C)=C(C#N)\N=N\c1n[nH]c(C(C)C)c1C#N. The summed E-state index contributed by atoms with van der Waals surface area (Å²) < 4.78 is 0. The van der Waals surface area contributed by atoms with E-state index in [0.717, 1.165) is 25.1 Å². The van der Waals surface area contributed by atoms with Gasteiger partial charge in [-0.3, -0.25) is 5.10 Å². The molecule has 0 saturated heterocycles. The summed E-state index contributed by atoms with van der Waals surface area (Å²) in [6.07, 6.45) is 2.09. The van der Waals surface area contributed by atoms with Gasteiger partial charge in [-0.15, -0.1) is 10.2 Å². The molecule has 0 spiro atoms. The van der Waals surface area contributed by atoms with Crippen molar-refractivity contribution >= 4 is 5.82 Å². The van der Waals surface area contributed by atoms with Crippen molar-refractivity contribution in [1.82, 2.24) is 15.5 Å². The Hall–Kier alpha value is -2.67. The van der Waals surface area contributed by atoms with E-state index in [1.54, 1.807) is 6.92 Å². The number of rotatable bonds is 7. The van der Waals surface area contributed by atoms with Gasteiger partial charge in [0.25, 0.3) is 0 Å². The summed E-state index contributed by atoms with van der Waals surface area (Å²) in [6, 6.07) is 4.08. The van der Waals surface area contributed by atoms with Crippen molar-refractivity contribution in [3.8, 4) is 12.1 Å². The molecule has 0 fully saturated rings. The van der Waals surface area contributed by atoms with E-state index in [9.17, 15) is 5.26 Å². The van der Waals surface area contributed by atoms with Crippen molar-refractivity contribution in [3.63, 3.8) is 0 Å². The molecule has 0 aliphatic heterocycles. The van der Waals surface area contributed by atoms with E-state index in [2.05, 4.69) is 38.7 Å². The molecule has 7 heteroatoms. The maximum absolute atomic E-state index is 9.21. The topological polar surface area (TPSA) is 113 Å². The van der Waals surface area contributed by atoms with Gasteiger partial charge in [0.1, 0.15) is 17.7 Å². The average molecular weight is 299 g/mol. The molecule has 0 aliphatic rings. The summed E-state index contributed by atoms with van der Waals surface area (Å²) in [7, 11) is 0. The molecule has 1 aromatic heterocycles. The molecule has 22 heavy (non-hydrogen) atoms. The molecule has 1 heterocycles. The van der Waals surface area contributed by atoms with E-state index >= 15 is 0 Å². The van der Waals surface area contributed by atoms with Gasteiger partial charge in [0.15, 0.2) is 5.70 Å². The third-order valence-corrected chi connectivity index (χ3v) is 3.09. The first kappa shape index (κ1) is 17.4. The van der Waals surface area contributed by atoms with Gasteiger partial charge in [-0.05, 0) is 19.3 Å². The van der Waals surface area contributed by atoms with Crippen molar-refractivity contribution in [2.45, 2.75) is 46.5 Å². The zero-order valence-corrected chi connectivity index (χ0v) is 13.4. The molecule has 0 aliphatic carbocycles. The van der Waals surface area contributed by atoms with Crippen LogP contribution in [0.25, 0.3) is 0 Å². The second-order valence-electron chi connectivity index (χ2n) is 5.17. The number of unbranched alkanes of at least 4 members (excludes halogenated alkanes) is 1. The van der Waals surface area contributed by atoms with E-state index < -0.39 is 0 Å². The number of nitrogens with one attached hydrogen (secondary N) is 2. The van der Waals surface area contributed by atoms with Crippen LogP contribution in [-0.4, -0.2) is 16.7 Å². The number of aromatic nitrogens is 2. The van der Waals surface area contributed by atoms with Crippen LogP contribution in [0.5, 0.6) is 0 Å². The van der Waals surface area contributed by atoms with Crippen molar-refractivity contribution in [1.29, 1.82) is 10.5 Å².